The first-order valence-corrected chi connectivity index (χ1v) is 12.6. The molecule has 4 N–H and O–H groups in total. The van der Waals surface area contributed by atoms with Crippen LogP contribution in [0.15, 0.2) is 53.3 Å². The van der Waals surface area contributed by atoms with Gasteiger partial charge in [-0.15, -0.1) is 0 Å². The zero-order valence-corrected chi connectivity index (χ0v) is 21.6. The number of carboxylic acids is 1. The van der Waals surface area contributed by atoms with Crippen molar-refractivity contribution in [1.29, 1.82) is 0 Å². The van der Waals surface area contributed by atoms with Crippen molar-refractivity contribution < 1.29 is 27.9 Å². The molecule has 1 saturated heterocycles. The van der Waals surface area contributed by atoms with E-state index in [0.29, 0.717) is 10.7 Å². The number of piperidine rings is 1. The maximum absolute atomic E-state index is 12.6. The first kappa shape index (κ1) is 28.2. The van der Waals surface area contributed by atoms with Gasteiger partial charge < -0.3 is 25.3 Å². The van der Waals surface area contributed by atoms with Gasteiger partial charge in [-0.05, 0) is 50.1 Å². The number of aromatic nitrogens is 3. The first-order chi connectivity index (χ1) is 18.4. The number of aliphatic carboxylic acids is 1. The molecule has 1 atom stereocenters. The van der Waals surface area contributed by atoms with Crippen LogP contribution in [0.1, 0.15) is 36.3 Å². The molecule has 0 radical (unpaired) electrons. The Labute approximate surface area is 225 Å². The van der Waals surface area contributed by atoms with Gasteiger partial charge in [0.05, 0.1) is 11.0 Å². The van der Waals surface area contributed by atoms with Crippen molar-refractivity contribution in [3.8, 4) is 0 Å². The molecule has 1 fully saturated rings. The molecule has 4 aromatic rings. The summed E-state index contributed by atoms with van der Waals surface area (Å²) in [5, 5.41) is 11.9. The summed E-state index contributed by atoms with van der Waals surface area (Å²) in [6, 6.07) is 15.4. The van der Waals surface area contributed by atoms with Crippen molar-refractivity contribution in [3.05, 3.63) is 69.7 Å². The number of H-pyrrole nitrogens is 2. The van der Waals surface area contributed by atoms with Gasteiger partial charge in [0.1, 0.15) is 5.69 Å². The molecule has 208 valence electrons. The Balaban J connectivity index is 0.000000448. The van der Waals surface area contributed by atoms with Crippen molar-refractivity contribution in [1.82, 2.24) is 24.8 Å². The number of hydrogen-bond donors (Lipinski definition) is 4. The quantitative estimate of drug-likeness (QED) is 0.283. The third-order valence-corrected chi connectivity index (χ3v) is 6.76. The third-order valence-electron chi connectivity index (χ3n) is 6.53. The lowest BCUT2D eigenvalue weighted by Crippen LogP contribution is -2.45. The summed E-state index contributed by atoms with van der Waals surface area (Å²) in [5.74, 6) is -2.85. The van der Waals surface area contributed by atoms with Crippen LogP contribution in [0.2, 0.25) is 5.02 Å². The Morgan fingerprint density at radius 2 is 1.77 bits per heavy atom. The minimum Gasteiger partial charge on any atom is -0.475 e. The SMILES string of the molecule is C[C@H](CN1CCC(n2c(=O)[nH]c3cc(Cl)ccc32)CC1)NC(=O)c1cc2ccccc2[nH]1.O=C(O)C(F)(F)F. The van der Waals surface area contributed by atoms with Gasteiger partial charge in [-0.1, -0.05) is 29.8 Å². The molecule has 3 heterocycles. The van der Waals surface area contributed by atoms with Gasteiger partial charge in [-0.25, -0.2) is 9.59 Å². The second kappa shape index (κ2) is 11.5. The average Bonchev–Trinajstić information content (AvgIpc) is 3.44. The van der Waals surface area contributed by atoms with Gasteiger partial charge in [0.15, 0.2) is 0 Å². The number of carboxylic acid groups (broad SMARTS) is 1. The highest BCUT2D eigenvalue weighted by molar-refractivity contribution is 6.31. The van der Waals surface area contributed by atoms with E-state index in [1.807, 2.05) is 54.0 Å². The third kappa shape index (κ3) is 6.82. The van der Waals surface area contributed by atoms with Gasteiger partial charge in [-0.2, -0.15) is 13.2 Å². The summed E-state index contributed by atoms with van der Waals surface area (Å²) < 4.78 is 33.6. The number of fused-ring (bicyclic) bond motifs is 2. The Kier molecular flexibility index (Phi) is 8.36. The van der Waals surface area contributed by atoms with Crippen molar-refractivity contribution in [2.24, 2.45) is 0 Å². The number of imidazole rings is 1. The highest BCUT2D eigenvalue weighted by Gasteiger charge is 2.38. The molecule has 2 aromatic carbocycles. The number of benzene rings is 2. The van der Waals surface area contributed by atoms with E-state index in [0.717, 1.165) is 54.4 Å². The second-order valence-electron chi connectivity index (χ2n) is 9.44. The number of amides is 1. The Morgan fingerprint density at radius 3 is 2.41 bits per heavy atom. The predicted octanol–water partition coefficient (Wildman–Crippen LogP) is 4.55. The van der Waals surface area contributed by atoms with Gasteiger partial charge in [0.25, 0.3) is 5.91 Å². The highest BCUT2D eigenvalue weighted by Crippen LogP contribution is 2.26. The number of nitrogens with zero attached hydrogens (tertiary/aromatic N) is 2. The molecule has 0 bridgehead atoms. The summed E-state index contributed by atoms with van der Waals surface area (Å²) in [6.45, 7) is 4.56. The van der Waals surface area contributed by atoms with Crippen molar-refractivity contribution >= 4 is 45.4 Å². The molecule has 39 heavy (non-hydrogen) atoms. The molecule has 0 saturated carbocycles. The van der Waals surface area contributed by atoms with Gasteiger partial charge in [0, 0.05) is 47.6 Å². The first-order valence-electron chi connectivity index (χ1n) is 12.2. The molecule has 5 rings (SSSR count). The zero-order chi connectivity index (χ0) is 28.3. The monoisotopic (exact) mass is 565 g/mol. The van der Waals surface area contributed by atoms with Crippen molar-refractivity contribution in [2.45, 2.75) is 38.0 Å². The fraction of sp³-hybridized carbons (Fsp3) is 0.346. The van der Waals surface area contributed by atoms with Crippen LogP contribution in [0.4, 0.5) is 13.2 Å². The van der Waals surface area contributed by atoms with Crippen LogP contribution in [0.25, 0.3) is 21.9 Å². The lowest BCUT2D eigenvalue weighted by molar-refractivity contribution is -0.192. The molecule has 2 aromatic heterocycles. The Hall–Kier alpha value is -3.77. The Morgan fingerprint density at radius 1 is 1.10 bits per heavy atom. The highest BCUT2D eigenvalue weighted by atomic mass is 35.5. The summed E-state index contributed by atoms with van der Waals surface area (Å²) in [5.41, 5.74) is 3.13. The predicted molar refractivity (Wildman–Crippen MR) is 141 cm³/mol. The number of alkyl halides is 3. The number of carbonyl (C=O) groups is 2. The normalized spacial score (nSPS) is 15.6. The molecule has 1 aliphatic rings. The van der Waals surface area contributed by atoms with Crippen molar-refractivity contribution in [3.63, 3.8) is 0 Å². The van der Waals surface area contributed by atoms with Crippen LogP contribution in [0.5, 0.6) is 0 Å². The zero-order valence-electron chi connectivity index (χ0n) is 20.9. The molecule has 9 nitrogen and oxygen atoms in total. The number of carbonyl (C=O) groups excluding carboxylic acids is 1. The van der Waals surface area contributed by atoms with Crippen LogP contribution in [0.3, 0.4) is 0 Å². The summed E-state index contributed by atoms with van der Waals surface area (Å²) >= 11 is 6.06. The van der Waals surface area contributed by atoms with Crippen LogP contribution < -0.4 is 11.0 Å². The van der Waals surface area contributed by atoms with Crippen LogP contribution in [-0.4, -0.2) is 68.3 Å². The van der Waals surface area contributed by atoms with Gasteiger partial charge >= 0.3 is 17.8 Å². The maximum atomic E-state index is 12.6. The van der Waals surface area contributed by atoms with Gasteiger partial charge in [0.2, 0.25) is 0 Å². The van der Waals surface area contributed by atoms with E-state index in [9.17, 15) is 22.8 Å². The van der Waals surface area contributed by atoms with E-state index >= 15 is 0 Å². The van der Waals surface area contributed by atoms with E-state index in [1.54, 1.807) is 6.07 Å². The number of rotatable bonds is 5. The molecule has 0 spiro atoms. The topological polar surface area (TPSA) is 123 Å². The second-order valence-corrected chi connectivity index (χ2v) is 9.88. The number of halogens is 4. The Bertz CT molecular complexity index is 1500. The minimum absolute atomic E-state index is 0.0171. The lowest BCUT2D eigenvalue weighted by atomic mass is 10.0. The molecular weight excluding hydrogens is 539 g/mol. The number of aromatic amines is 2. The maximum Gasteiger partial charge on any atom is 0.490 e. The molecule has 13 heteroatoms. The van der Waals surface area contributed by atoms with Crippen LogP contribution >= 0.6 is 11.6 Å². The van der Waals surface area contributed by atoms with E-state index in [2.05, 4.69) is 20.2 Å². The fourth-order valence-electron chi connectivity index (χ4n) is 4.76. The van der Waals surface area contributed by atoms with E-state index < -0.39 is 12.1 Å². The smallest absolute Gasteiger partial charge is 0.475 e. The number of nitrogens with one attached hydrogen (secondary N) is 3. The minimum atomic E-state index is -5.08. The molecular formula is C26H27ClF3N5O4. The number of hydrogen-bond acceptors (Lipinski definition) is 4. The molecule has 0 unspecified atom stereocenters. The number of likely N-dealkylation sites (tertiary alicyclic amines) is 1. The van der Waals surface area contributed by atoms with E-state index in [4.69, 9.17) is 21.5 Å². The van der Waals surface area contributed by atoms with Crippen molar-refractivity contribution in [2.75, 3.05) is 19.6 Å². The molecule has 1 amide bonds. The standard InChI is InChI=1S/C24H26ClN5O2.C2HF3O2/c1-15(26-23(31)21-12-16-4-2-3-5-19(16)27-21)14-29-10-8-18(9-11-29)30-22-7-6-17(25)13-20(22)28-24(30)32;3-2(4,5)1(6)7/h2-7,12-13,15,18,27H,8-11,14H2,1H3,(H,26,31)(H,28,32);(H,6,7)/t15-;/m1./s1. The molecule has 0 aliphatic carbocycles. The van der Waals surface area contributed by atoms with Gasteiger partial charge in [-0.3, -0.25) is 9.36 Å². The largest absolute Gasteiger partial charge is 0.490 e. The summed E-state index contributed by atoms with van der Waals surface area (Å²) in [7, 11) is 0. The average molecular weight is 566 g/mol. The van der Waals surface area contributed by atoms with E-state index in [-0.39, 0.29) is 23.7 Å². The lowest BCUT2D eigenvalue weighted by Gasteiger charge is -2.34. The van der Waals surface area contributed by atoms with E-state index in [1.165, 1.54) is 0 Å². The summed E-state index contributed by atoms with van der Waals surface area (Å²) in [6.07, 6.45) is -3.31. The number of para-hydroxylation sites is 1. The summed E-state index contributed by atoms with van der Waals surface area (Å²) in [4.78, 5) is 42.5. The van der Waals surface area contributed by atoms with Crippen LogP contribution in [0, 0.1) is 0 Å². The van der Waals surface area contributed by atoms with Crippen LogP contribution in [-0.2, 0) is 4.79 Å². The molecule has 1 aliphatic heterocycles. The fourth-order valence-corrected chi connectivity index (χ4v) is 4.93.